The van der Waals surface area contributed by atoms with Crippen LogP contribution in [0.2, 0.25) is 0 Å². The summed E-state index contributed by atoms with van der Waals surface area (Å²) in [5.41, 5.74) is 0. The van der Waals surface area contributed by atoms with Crippen molar-refractivity contribution in [2.45, 2.75) is 284 Å². The molecule has 0 aliphatic carbocycles. The SMILES string of the molecule is CC/C=C\C/C=C\C/C=C\C/C=C\C/C=C\C/C=C\C/C=C\C/C=C\C/C=C\CCCCCCCC(=O)OCC(COC(=O)CCCCCCC/C=C\C/C=C\C/C=C\CC)OC(=O)CCCCCCCCC/C=C\C/C=C\CCCCC. The van der Waals surface area contributed by atoms with E-state index in [9.17, 15) is 14.4 Å². The topological polar surface area (TPSA) is 78.9 Å². The zero-order valence-corrected chi connectivity index (χ0v) is 53.4. The van der Waals surface area contributed by atoms with E-state index in [2.05, 4.69) is 191 Å². The van der Waals surface area contributed by atoms with Crippen molar-refractivity contribution in [2.24, 2.45) is 0 Å². The lowest BCUT2D eigenvalue weighted by molar-refractivity contribution is -0.167. The summed E-state index contributed by atoms with van der Waals surface area (Å²) in [6, 6.07) is 0. The number of hydrogen-bond donors (Lipinski definition) is 0. The molecule has 0 aromatic heterocycles. The summed E-state index contributed by atoms with van der Waals surface area (Å²) in [6.07, 6.45) is 102. The Balaban J connectivity index is 4.39. The fraction of sp³-hybridized carbons (Fsp3) is 0.597. The Labute approximate surface area is 511 Å². The van der Waals surface area contributed by atoms with Crippen molar-refractivity contribution in [2.75, 3.05) is 13.2 Å². The molecule has 0 saturated carbocycles. The number of unbranched alkanes of at least 4 members (excludes halogenated alkanes) is 20. The summed E-state index contributed by atoms with van der Waals surface area (Å²) in [5, 5.41) is 0. The van der Waals surface area contributed by atoms with Gasteiger partial charge in [0.2, 0.25) is 0 Å². The number of hydrogen-bond acceptors (Lipinski definition) is 6. The predicted octanol–water partition coefficient (Wildman–Crippen LogP) is 23.4. The first-order valence-corrected chi connectivity index (χ1v) is 33.6. The lowest BCUT2D eigenvalue weighted by atomic mass is 10.1. The van der Waals surface area contributed by atoms with E-state index in [0.29, 0.717) is 19.3 Å². The molecule has 0 fully saturated rings. The Morgan fingerprint density at radius 3 is 0.735 bits per heavy atom. The summed E-state index contributed by atoms with van der Waals surface area (Å²) in [6.45, 7) is 6.35. The van der Waals surface area contributed by atoms with Gasteiger partial charge in [-0.05, 0) is 154 Å². The van der Waals surface area contributed by atoms with E-state index in [1.165, 1.54) is 51.4 Å². The Kier molecular flexibility index (Phi) is 64.9. The zero-order chi connectivity index (χ0) is 59.9. The summed E-state index contributed by atoms with van der Waals surface area (Å²) in [7, 11) is 0. The first-order chi connectivity index (χ1) is 41.0. The molecule has 0 aliphatic rings. The maximum atomic E-state index is 12.9. The Hall–Kier alpha value is -5.23. The number of ether oxygens (including phenoxy) is 3. The van der Waals surface area contributed by atoms with Crippen molar-refractivity contribution in [3.63, 3.8) is 0 Å². The summed E-state index contributed by atoms with van der Waals surface area (Å²) >= 11 is 0. The minimum Gasteiger partial charge on any atom is -0.462 e. The minimum atomic E-state index is -0.808. The molecule has 0 radical (unpaired) electrons. The largest absolute Gasteiger partial charge is 0.462 e. The van der Waals surface area contributed by atoms with Crippen LogP contribution in [-0.4, -0.2) is 37.2 Å². The van der Waals surface area contributed by atoms with E-state index in [1.807, 2.05) is 0 Å². The van der Waals surface area contributed by atoms with Crippen LogP contribution in [0.25, 0.3) is 0 Å². The normalized spacial score (nSPS) is 13.2. The maximum Gasteiger partial charge on any atom is 0.306 e. The van der Waals surface area contributed by atoms with Crippen LogP contribution in [-0.2, 0) is 28.6 Å². The van der Waals surface area contributed by atoms with Crippen molar-refractivity contribution < 1.29 is 28.6 Å². The van der Waals surface area contributed by atoms with Crippen LogP contribution in [0.15, 0.2) is 170 Å². The van der Waals surface area contributed by atoms with Gasteiger partial charge in [-0.25, -0.2) is 0 Å². The Bertz CT molecular complexity index is 1890. The van der Waals surface area contributed by atoms with Gasteiger partial charge in [-0.2, -0.15) is 0 Å². The van der Waals surface area contributed by atoms with Crippen molar-refractivity contribution in [1.82, 2.24) is 0 Å². The fourth-order valence-corrected chi connectivity index (χ4v) is 8.71. The molecule has 1 atom stereocenters. The molecular formula is C77H122O6. The van der Waals surface area contributed by atoms with Gasteiger partial charge < -0.3 is 14.2 Å². The molecule has 0 heterocycles. The third-order valence-corrected chi connectivity index (χ3v) is 13.7. The van der Waals surface area contributed by atoms with E-state index < -0.39 is 6.10 Å². The average Bonchev–Trinajstić information content (AvgIpc) is 3.49. The first-order valence-electron chi connectivity index (χ1n) is 33.6. The third-order valence-electron chi connectivity index (χ3n) is 13.7. The molecule has 0 spiro atoms. The van der Waals surface area contributed by atoms with Gasteiger partial charge in [0.15, 0.2) is 6.10 Å². The van der Waals surface area contributed by atoms with Crippen molar-refractivity contribution in [3.8, 4) is 0 Å². The van der Waals surface area contributed by atoms with Crippen LogP contribution < -0.4 is 0 Å². The molecule has 0 amide bonds. The summed E-state index contributed by atoms with van der Waals surface area (Å²) in [4.78, 5) is 38.4. The molecule has 0 aromatic rings. The molecule has 0 rings (SSSR count). The van der Waals surface area contributed by atoms with Crippen LogP contribution in [0.3, 0.4) is 0 Å². The molecule has 6 nitrogen and oxygen atoms in total. The number of rotatable bonds is 59. The second kappa shape index (κ2) is 69.3. The number of esters is 3. The molecular weight excluding hydrogens is 1020 g/mol. The lowest BCUT2D eigenvalue weighted by Crippen LogP contribution is -2.30. The highest BCUT2D eigenvalue weighted by Gasteiger charge is 2.19. The highest BCUT2D eigenvalue weighted by Crippen LogP contribution is 2.14. The fourth-order valence-electron chi connectivity index (χ4n) is 8.71. The van der Waals surface area contributed by atoms with Crippen molar-refractivity contribution in [1.29, 1.82) is 0 Å². The number of carbonyl (C=O) groups is 3. The molecule has 0 aliphatic heterocycles. The van der Waals surface area contributed by atoms with Gasteiger partial charge in [0.25, 0.3) is 0 Å². The van der Waals surface area contributed by atoms with E-state index >= 15 is 0 Å². The zero-order valence-electron chi connectivity index (χ0n) is 53.4. The molecule has 0 aromatic carbocycles. The molecule has 0 bridgehead atoms. The van der Waals surface area contributed by atoms with Gasteiger partial charge in [0, 0.05) is 19.3 Å². The maximum absolute atomic E-state index is 12.9. The number of carbonyl (C=O) groups excluding carboxylic acids is 3. The molecule has 0 N–H and O–H groups in total. The van der Waals surface area contributed by atoms with Crippen LogP contribution in [0.5, 0.6) is 0 Å². The van der Waals surface area contributed by atoms with Crippen molar-refractivity contribution >= 4 is 17.9 Å². The first kappa shape index (κ1) is 77.8. The van der Waals surface area contributed by atoms with Gasteiger partial charge >= 0.3 is 17.9 Å². The Morgan fingerprint density at radius 1 is 0.253 bits per heavy atom. The highest BCUT2D eigenvalue weighted by atomic mass is 16.6. The second-order valence-corrected chi connectivity index (χ2v) is 21.6. The molecule has 466 valence electrons. The Morgan fingerprint density at radius 2 is 0.470 bits per heavy atom. The monoisotopic (exact) mass is 1140 g/mol. The lowest BCUT2D eigenvalue weighted by Gasteiger charge is -2.18. The highest BCUT2D eigenvalue weighted by molar-refractivity contribution is 5.71. The summed E-state index contributed by atoms with van der Waals surface area (Å²) < 4.78 is 16.9. The smallest absolute Gasteiger partial charge is 0.306 e. The van der Waals surface area contributed by atoms with Gasteiger partial charge in [0.05, 0.1) is 0 Å². The van der Waals surface area contributed by atoms with Crippen LogP contribution in [0.1, 0.15) is 278 Å². The van der Waals surface area contributed by atoms with E-state index in [4.69, 9.17) is 14.2 Å². The molecule has 0 saturated heterocycles. The van der Waals surface area contributed by atoms with Crippen LogP contribution in [0.4, 0.5) is 0 Å². The minimum absolute atomic E-state index is 0.103. The van der Waals surface area contributed by atoms with Crippen molar-refractivity contribution in [3.05, 3.63) is 170 Å². The molecule has 83 heavy (non-hydrogen) atoms. The predicted molar refractivity (Wildman–Crippen MR) is 361 cm³/mol. The summed E-state index contributed by atoms with van der Waals surface area (Å²) in [5.74, 6) is -0.948. The van der Waals surface area contributed by atoms with Gasteiger partial charge in [0.1, 0.15) is 13.2 Å². The van der Waals surface area contributed by atoms with Gasteiger partial charge in [-0.15, -0.1) is 0 Å². The van der Waals surface area contributed by atoms with Gasteiger partial charge in [-0.1, -0.05) is 274 Å². The number of allylic oxidation sites excluding steroid dienone is 28. The van der Waals surface area contributed by atoms with Crippen LogP contribution in [0, 0.1) is 0 Å². The second-order valence-electron chi connectivity index (χ2n) is 21.6. The molecule has 1 unspecified atom stereocenters. The van der Waals surface area contributed by atoms with E-state index in [1.54, 1.807) is 0 Å². The van der Waals surface area contributed by atoms with E-state index in [0.717, 1.165) is 186 Å². The third kappa shape index (κ3) is 67.4. The standard InChI is InChI=1S/C77H122O6/c1-4-7-10-13-16-19-22-25-28-30-31-32-33-34-35-36-37-38-39-40-41-42-43-44-45-47-49-52-55-58-61-64-67-70-76(79)82-73-74(72-81-75(78)69-66-63-60-57-54-51-48-27-24-21-18-15-12-9-6-3)83-77(80)71-68-65-62-59-56-53-50-46-29-26-23-20-17-14-11-8-5-2/h7,9-10,12,16-21,25-29,31-32,34-35,37-38,40-41,43-44,47-49,74H,4-6,8,11,13-15,22-24,30,33,36,39,42,45-46,50-73H2,1-3H3/b10-7-,12-9-,19-16-,20-17-,21-18-,28-25-,29-26-,32-31-,35-34-,38-37-,41-40-,44-43-,48-27-,49-47-. The van der Waals surface area contributed by atoms with Crippen LogP contribution >= 0.6 is 0 Å². The van der Waals surface area contributed by atoms with Gasteiger partial charge in [-0.3, -0.25) is 14.4 Å². The molecule has 6 heteroatoms. The quantitative estimate of drug-likeness (QED) is 0.0261. The average molecular weight is 1140 g/mol. The van der Waals surface area contributed by atoms with E-state index in [-0.39, 0.29) is 31.1 Å².